The third kappa shape index (κ3) is 6.56. The van der Waals surface area contributed by atoms with Crippen LogP contribution in [-0.2, 0) is 14.8 Å². The first kappa shape index (κ1) is 31.0. The minimum atomic E-state index is -4.17. The van der Waals surface area contributed by atoms with Gasteiger partial charge in [0, 0.05) is 28.0 Å². The van der Waals surface area contributed by atoms with Crippen molar-refractivity contribution in [1.82, 2.24) is 9.99 Å². The summed E-state index contributed by atoms with van der Waals surface area (Å²) in [6.45, 7) is 5.09. The molecule has 12 heteroatoms. The number of nitrogens with zero attached hydrogens (tertiary/aromatic N) is 3. The molecule has 0 aliphatic carbocycles. The number of carbonyl (C=O) groups is 1. The van der Waals surface area contributed by atoms with Gasteiger partial charge in [-0.3, -0.25) is 9.10 Å². The molecule has 1 aromatic heterocycles. The molecule has 0 fully saturated rings. The summed E-state index contributed by atoms with van der Waals surface area (Å²) in [6.07, 6.45) is 1.49. The van der Waals surface area contributed by atoms with Crippen LogP contribution in [0.3, 0.4) is 0 Å². The summed E-state index contributed by atoms with van der Waals surface area (Å²) < 4.78 is 41.1. The number of anilines is 1. The van der Waals surface area contributed by atoms with Crippen molar-refractivity contribution in [2.45, 2.75) is 25.7 Å². The normalized spacial score (nSPS) is 11.5. The Bertz CT molecular complexity index is 1750. The number of aromatic nitrogens is 1. The van der Waals surface area contributed by atoms with Crippen molar-refractivity contribution < 1.29 is 22.7 Å². The molecule has 0 radical (unpaired) electrons. The number of methoxy groups -OCH3 is 2. The van der Waals surface area contributed by atoms with E-state index < -0.39 is 22.5 Å². The number of hydrogen-bond donors (Lipinski definition) is 1. The molecule has 0 unspecified atom stereocenters. The number of nitrogens with one attached hydrogen (secondary N) is 1. The molecule has 0 aliphatic rings. The largest absolute Gasteiger partial charge is 0.497 e. The second kappa shape index (κ2) is 12.9. The monoisotopic (exact) mass is 628 g/mol. The quantitative estimate of drug-likeness (QED) is 0.170. The van der Waals surface area contributed by atoms with Crippen molar-refractivity contribution in [1.29, 1.82) is 0 Å². The molecule has 1 N–H and O–H groups in total. The number of hydrogen-bond acceptors (Lipinski definition) is 6. The highest BCUT2D eigenvalue weighted by molar-refractivity contribution is 7.92. The topological polar surface area (TPSA) is 102 Å². The molecule has 0 atom stereocenters. The molecule has 1 heterocycles. The Morgan fingerprint density at radius 2 is 1.69 bits per heavy atom. The second-order valence-electron chi connectivity index (χ2n) is 9.41. The van der Waals surface area contributed by atoms with Gasteiger partial charge in [-0.2, -0.15) is 5.10 Å². The lowest BCUT2D eigenvalue weighted by Crippen LogP contribution is -2.39. The first-order valence-electron chi connectivity index (χ1n) is 12.7. The molecule has 4 aromatic rings. The van der Waals surface area contributed by atoms with Gasteiger partial charge in [0.2, 0.25) is 0 Å². The summed E-state index contributed by atoms with van der Waals surface area (Å²) >= 11 is 12.6. The van der Waals surface area contributed by atoms with Gasteiger partial charge in [0.05, 0.1) is 41.7 Å². The Kier molecular flexibility index (Phi) is 9.50. The fourth-order valence-corrected chi connectivity index (χ4v) is 6.21. The zero-order valence-corrected chi connectivity index (χ0v) is 26.0. The van der Waals surface area contributed by atoms with Crippen LogP contribution in [0.2, 0.25) is 10.0 Å². The molecule has 4 rings (SSSR count). The van der Waals surface area contributed by atoms with Crippen LogP contribution in [0.1, 0.15) is 22.5 Å². The smallest absolute Gasteiger partial charge is 0.264 e. The summed E-state index contributed by atoms with van der Waals surface area (Å²) in [4.78, 5) is 13.1. The maximum Gasteiger partial charge on any atom is 0.264 e. The number of amides is 1. The Labute approximate surface area is 255 Å². The van der Waals surface area contributed by atoms with Gasteiger partial charge in [0.25, 0.3) is 15.9 Å². The van der Waals surface area contributed by atoms with Crippen LogP contribution in [0, 0.1) is 20.8 Å². The summed E-state index contributed by atoms with van der Waals surface area (Å²) in [5.41, 5.74) is 6.65. The number of aryl methyl sites for hydroxylation is 2. The fraction of sp³-hybridized carbons (Fsp3) is 0.200. The standard InChI is InChI=1S/C30H30Cl2N4O5S/c1-19-6-10-25(11-7-19)42(38,39)35(27-13-9-24(40-4)16-29(27)41-5)18-30(37)34-33-17-22-14-20(2)36(21(22)3)28-15-23(31)8-12-26(28)32/h6-17H,18H2,1-5H3,(H,34,37)/b33-17-. The summed E-state index contributed by atoms with van der Waals surface area (Å²) in [7, 11) is -1.27. The van der Waals surface area contributed by atoms with Crippen LogP contribution in [-0.4, -0.2) is 45.9 Å². The average Bonchev–Trinajstić information content (AvgIpc) is 3.25. The zero-order chi connectivity index (χ0) is 30.6. The first-order chi connectivity index (χ1) is 20.0. The minimum Gasteiger partial charge on any atom is -0.497 e. The van der Waals surface area contributed by atoms with E-state index in [1.165, 1.54) is 38.6 Å². The summed E-state index contributed by atoms with van der Waals surface area (Å²) in [5, 5.41) is 5.18. The second-order valence-corrected chi connectivity index (χ2v) is 12.1. The molecular formula is C30H30Cl2N4O5S. The van der Waals surface area contributed by atoms with E-state index in [0.29, 0.717) is 21.5 Å². The summed E-state index contributed by atoms with van der Waals surface area (Å²) in [5.74, 6) is 0.0222. The van der Waals surface area contributed by atoms with Crippen molar-refractivity contribution in [3.63, 3.8) is 0 Å². The van der Waals surface area contributed by atoms with Crippen LogP contribution in [0.25, 0.3) is 5.69 Å². The number of benzene rings is 3. The zero-order valence-electron chi connectivity index (χ0n) is 23.7. The van der Waals surface area contributed by atoms with Gasteiger partial charge < -0.3 is 14.0 Å². The van der Waals surface area contributed by atoms with E-state index >= 15 is 0 Å². The van der Waals surface area contributed by atoms with Gasteiger partial charge >= 0.3 is 0 Å². The van der Waals surface area contributed by atoms with Crippen molar-refractivity contribution in [3.8, 4) is 17.2 Å². The number of carbonyl (C=O) groups excluding carboxylic acids is 1. The molecule has 1 amide bonds. The van der Waals surface area contributed by atoms with E-state index in [9.17, 15) is 13.2 Å². The van der Waals surface area contributed by atoms with Crippen LogP contribution in [0.15, 0.2) is 76.7 Å². The molecular weight excluding hydrogens is 599 g/mol. The van der Waals surface area contributed by atoms with Gasteiger partial charge in [-0.25, -0.2) is 13.8 Å². The SMILES string of the molecule is COc1ccc(N(CC(=O)N/N=C\c2cc(C)n(-c3cc(Cl)ccc3Cl)c2C)S(=O)(=O)c2ccc(C)cc2)c(OC)c1. The Balaban J connectivity index is 1.62. The lowest BCUT2D eigenvalue weighted by molar-refractivity contribution is -0.119. The van der Waals surface area contributed by atoms with Crippen LogP contribution < -0.4 is 19.2 Å². The van der Waals surface area contributed by atoms with E-state index in [4.69, 9.17) is 32.7 Å². The lowest BCUT2D eigenvalue weighted by atomic mass is 10.2. The van der Waals surface area contributed by atoms with E-state index in [1.54, 1.807) is 42.5 Å². The Morgan fingerprint density at radius 1 is 0.976 bits per heavy atom. The van der Waals surface area contributed by atoms with Gasteiger partial charge in [-0.15, -0.1) is 0 Å². The molecule has 9 nitrogen and oxygen atoms in total. The third-order valence-electron chi connectivity index (χ3n) is 6.56. The van der Waals surface area contributed by atoms with Crippen molar-refractivity contribution in [2.24, 2.45) is 5.10 Å². The van der Waals surface area contributed by atoms with Crippen LogP contribution >= 0.6 is 23.2 Å². The van der Waals surface area contributed by atoms with Gasteiger partial charge in [0.15, 0.2) is 0 Å². The van der Waals surface area contributed by atoms with Crippen molar-refractivity contribution in [3.05, 3.63) is 99.3 Å². The molecule has 0 spiro atoms. The lowest BCUT2D eigenvalue weighted by Gasteiger charge is -2.25. The first-order valence-corrected chi connectivity index (χ1v) is 14.9. The van der Waals surface area contributed by atoms with Crippen molar-refractivity contribution in [2.75, 3.05) is 25.1 Å². The highest BCUT2D eigenvalue weighted by atomic mass is 35.5. The Morgan fingerprint density at radius 3 is 2.36 bits per heavy atom. The van der Waals surface area contributed by atoms with Crippen LogP contribution in [0.4, 0.5) is 5.69 Å². The molecule has 3 aromatic carbocycles. The van der Waals surface area contributed by atoms with E-state index in [-0.39, 0.29) is 16.3 Å². The maximum atomic E-state index is 13.8. The highest BCUT2D eigenvalue weighted by Gasteiger charge is 2.29. The molecule has 220 valence electrons. The van der Waals surface area contributed by atoms with Crippen molar-refractivity contribution >= 4 is 51.0 Å². The van der Waals surface area contributed by atoms with Gasteiger partial charge in [-0.05, 0) is 69.3 Å². The predicted molar refractivity (Wildman–Crippen MR) is 166 cm³/mol. The number of hydrazone groups is 1. The summed E-state index contributed by atoms with van der Waals surface area (Å²) in [6, 6.07) is 18.1. The average molecular weight is 630 g/mol. The number of halogens is 2. The molecule has 42 heavy (non-hydrogen) atoms. The maximum absolute atomic E-state index is 13.8. The van der Waals surface area contributed by atoms with E-state index in [1.807, 2.05) is 31.4 Å². The van der Waals surface area contributed by atoms with Gasteiger partial charge in [0.1, 0.15) is 18.0 Å². The predicted octanol–water partition coefficient (Wildman–Crippen LogP) is 6.07. The molecule has 0 saturated heterocycles. The molecule has 0 aliphatic heterocycles. The fourth-order valence-electron chi connectivity index (χ4n) is 4.41. The number of rotatable bonds is 10. The van der Waals surface area contributed by atoms with E-state index in [0.717, 1.165) is 26.8 Å². The highest BCUT2D eigenvalue weighted by Crippen LogP contribution is 2.35. The number of ether oxygens (including phenoxy) is 2. The van der Waals surface area contributed by atoms with E-state index in [2.05, 4.69) is 10.5 Å². The molecule has 0 bridgehead atoms. The van der Waals surface area contributed by atoms with Gasteiger partial charge in [-0.1, -0.05) is 40.9 Å². The Hall–Kier alpha value is -3.99. The van der Waals surface area contributed by atoms with Crippen LogP contribution in [0.5, 0.6) is 11.5 Å². The third-order valence-corrected chi connectivity index (χ3v) is 8.89. The number of sulfonamides is 1. The minimum absolute atomic E-state index is 0.0226. The molecule has 0 saturated carbocycles.